The first kappa shape index (κ1) is 17.4. The van der Waals surface area contributed by atoms with Crippen molar-refractivity contribution in [3.63, 3.8) is 0 Å². The van der Waals surface area contributed by atoms with Crippen LogP contribution in [0.1, 0.15) is 65.7 Å². The molecule has 0 spiro atoms. The maximum absolute atomic E-state index is 11.5. The van der Waals surface area contributed by atoms with Crippen molar-refractivity contribution in [3.8, 4) is 0 Å². The quantitative estimate of drug-likeness (QED) is 0.683. The first-order valence-corrected chi connectivity index (χ1v) is 8.08. The maximum atomic E-state index is 11.5. The van der Waals surface area contributed by atoms with Crippen molar-refractivity contribution in [1.82, 2.24) is 5.32 Å². The monoisotopic (exact) mass is 285 g/mol. The summed E-state index contributed by atoms with van der Waals surface area (Å²) < 4.78 is 5.90. The van der Waals surface area contributed by atoms with Crippen molar-refractivity contribution in [1.29, 1.82) is 0 Å². The van der Waals surface area contributed by atoms with E-state index in [-0.39, 0.29) is 6.10 Å². The lowest BCUT2D eigenvalue weighted by molar-refractivity contribution is -0.146. The van der Waals surface area contributed by atoms with Gasteiger partial charge in [0.25, 0.3) is 0 Å². The number of carbonyl (C=O) groups is 1. The molecule has 1 saturated carbocycles. The van der Waals surface area contributed by atoms with E-state index in [4.69, 9.17) is 4.74 Å². The Labute approximate surface area is 123 Å². The second kappa shape index (κ2) is 8.63. The minimum atomic E-state index is -0.887. The highest BCUT2D eigenvalue weighted by Gasteiger charge is 2.34. The van der Waals surface area contributed by atoms with Gasteiger partial charge in [0.1, 0.15) is 5.54 Å². The van der Waals surface area contributed by atoms with Crippen molar-refractivity contribution in [2.75, 3.05) is 13.2 Å². The van der Waals surface area contributed by atoms with Gasteiger partial charge in [-0.05, 0) is 45.6 Å². The number of carboxylic acids is 1. The van der Waals surface area contributed by atoms with E-state index < -0.39 is 11.5 Å². The van der Waals surface area contributed by atoms with Crippen LogP contribution in [0.25, 0.3) is 0 Å². The molecule has 2 unspecified atom stereocenters. The van der Waals surface area contributed by atoms with Crippen LogP contribution in [0.4, 0.5) is 0 Å². The Morgan fingerprint density at radius 1 is 1.40 bits per heavy atom. The third-order valence-corrected chi connectivity index (χ3v) is 4.27. The minimum Gasteiger partial charge on any atom is -0.480 e. The molecule has 4 heteroatoms. The van der Waals surface area contributed by atoms with E-state index in [2.05, 4.69) is 5.32 Å². The topological polar surface area (TPSA) is 58.6 Å². The third-order valence-electron chi connectivity index (χ3n) is 4.27. The van der Waals surface area contributed by atoms with Crippen LogP contribution < -0.4 is 5.32 Å². The number of hydrogen-bond donors (Lipinski definition) is 2. The van der Waals surface area contributed by atoms with Gasteiger partial charge in [0.05, 0.1) is 6.10 Å². The second-order valence-corrected chi connectivity index (χ2v) is 6.42. The first-order chi connectivity index (χ1) is 9.48. The fourth-order valence-corrected chi connectivity index (χ4v) is 2.92. The predicted octanol–water partition coefficient (Wildman–Crippen LogP) is 3.20. The van der Waals surface area contributed by atoms with Gasteiger partial charge in [0.2, 0.25) is 0 Å². The number of aliphatic carboxylic acids is 1. The summed E-state index contributed by atoms with van der Waals surface area (Å²) in [7, 11) is 0. The molecular weight excluding hydrogens is 254 g/mol. The Bertz CT molecular complexity index is 289. The summed E-state index contributed by atoms with van der Waals surface area (Å²) in [6.45, 7) is 7.28. The minimum absolute atomic E-state index is 0.0256. The number of carboxylic acid groups (broad SMARTS) is 1. The van der Waals surface area contributed by atoms with E-state index in [1.807, 2.05) is 13.8 Å². The van der Waals surface area contributed by atoms with Gasteiger partial charge in [0.15, 0.2) is 0 Å². The van der Waals surface area contributed by atoms with E-state index in [1.54, 1.807) is 6.92 Å². The van der Waals surface area contributed by atoms with Gasteiger partial charge in [-0.1, -0.05) is 26.2 Å². The molecule has 0 bridgehead atoms. The lowest BCUT2D eigenvalue weighted by Crippen LogP contribution is -2.51. The third kappa shape index (κ3) is 5.80. The molecule has 118 valence electrons. The average molecular weight is 285 g/mol. The summed E-state index contributed by atoms with van der Waals surface area (Å²) >= 11 is 0. The maximum Gasteiger partial charge on any atom is 0.323 e. The highest BCUT2D eigenvalue weighted by Crippen LogP contribution is 2.25. The highest BCUT2D eigenvalue weighted by molar-refractivity contribution is 5.78. The molecule has 20 heavy (non-hydrogen) atoms. The number of hydrogen-bond acceptors (Lipinski definition) is 3. The summed E-state index contributed by atoms with van der Waals surface area (Å²) in [4.78, 5) is 11.5. The fourth-order valence-electron chi connectivity index (χ4n) is 2.92. The van der Waals surface area contributed by atoms with Gasteiger partial charge < -0.3 is 15.2 Å². The number of nitrogens with one attached hydrogen (secondary N) is 1. The number of ether oxygens (including phenoxy) is 1. The molecule has 0 radical (unpaired) electrons. The molecule has 0 aromatic heterocycles. The largest absolute Gasteiger partial charge is 0.480 e. The zero-order valence-electron chi connectivity index (χ0n) is 13.3. The zero-order valence-corrected chi connectivity index (χ0v) is 13.3. The molecule has 0 amide bonds. The van der Waals surface area contributed by atoms with Crippen LogP contribution in [-0.4, -0.2) is 35.9 Å². The van der Waals surface area contributed by atoms with Crippen molar-refractivity contribution < 1.29 is 14.6 Å². The van der Waals surface area contributed by atoms with Crippen molar-refractivity contribution in [2.45, 2.75) is 77.4 Å². The van der Waals surface area contributed by atoms with Crippen LogP contribution in [-0.2, 0) is 9.53 Å². The van der Waals surface area contributed by atoms with Gasteiger partial charge in [0, 0.05) is 13.0 Å². The normalized spacial score (nSPS) is 21.4. The Morgan fingerprint density at radius 2 is 2.05 bits per heavy atom. The summed E-state index contributed by atoms with van der Waals surface area (Å²) in [5.41, 5.74) is -0.887. The van der Waals surface area contributed by atoms with E-state index in [9.17, 15) is 9.90 Å². The summed E-state index contributed by atoms with van der Waals surface area (Å²) in [5, 5.41) is 12.5. The molecular formula is C16H31NO3. The molecule has 0 aromatic rings. The van der Waals surface area contributed by atoms with Crippen molar-refractivity contribution in [2.24, 2.45) is 5.92 Å². The molecule has 0 heterocycles. The van der Waals surface area contributed by atoms with Crippen LogP contribution >= 0.6 is 0 Å². The SMILES string of the molecule is CCCNC(C)(CC(C)OCC1CCCCC1)C(=O)O. The lowest BCUT2D eigenvalue weighted by Gasteiger charge is -2.30. The standard InChI is InChI=1S/C16H31NO3/c1-4-10-17-16(3,15(18)19)11-13(2)20-12-14-8-6-5-7-9-14/h13-14,17H,4-12H2,1-3H3,(H,18,19). The van der Waals surface area contributed by atoms with E-state index in [0.717, 1.165) is 19.6 Å². The Balaban J connectivity index is 2.36. The average Bonchev–Trinajstić information content (AvgIpc) is 2.44. The molecule has 2 N–H and O–H groups in total. The van der Waals surface area contributed by atoms with Gasteiger partial charge >= 0.3 is 5.97 Å². The molecule has 1 rings (SSSR count). The molecule has 0 saturated heterocycles. The Kier molecular flexibility index (Phi) is 7.52. The zero-order chi connectivity index (χ0) is 15.0. The van der Waals surface area contributed by atoms with E-state index in [0.29, 0.717) is 12.3 Å². The number of rotatable bonds is 9. The van der Waals surface area contributed by atoms with Crippen LogP contribution in [0.3, 0.4) is 0 Å². The van der Waals surface area contributed by atoms with Crippen LogP contribution in [0, 0.1) is 5.92 Å². The lowest BCUT2D eigenvalue weighted by atomic mass is 9.90. The molecule has 2 atom stereocenters. The summed E-state index contributed by atoms with van der Waals surface area (Å²) in [6.07, 6.45) is 7.91. The summed E-state index contributed by atoms with van der Waals surface area (Å²) in [6, 6.07) is 0. The van der Waals surface area contributed by atoms with Gasteiger partial charge in [-0.2, -0.15) is 0 Å². The molecule has 0 aromatic carbocycles. The van der Waals surface area contributed by atoms with E-state index >= 15 is 0 Å². The Hall–Kier alpha value is -0.610. The van der Waals surface area contributed by atoms with Gasteiger partial charge in [-0.3, -0.25) is 4.79 Å². The van der Waals surface area contributed by atoms with Crippen molar-refractivity contribution in [3.05, 3.63) is 0 Å². The van der Waals surface area contributed by atoms with E-state index in [1.165, 1.54) is 32.1 Å². The molecule has 1 aliphatic carbocycles. The van der Waals surface area contributed by atoms with Gasteiger partial charge in [-0.15, -0.1) is 0 Å². The predicted molar refractivity (Wildman–Crippen MR) is 80.9 cm³/mol. The second-order valence-electron chi connectivity index (χ2n) is 6.42. The van der Waals surface area contributed by atoms with Crippen LogP contribution in [0.5, 0.6) is 0 Å². The van der Waals surface area contributed by atoms with Gasteiger partial charge in [-0.25, -0.2) is 0 Å². The van der Waals surface area contributed by atoms with Crippen LogP contribution in [0.2, 0.25) is 0 Å². The van der Waals surface area contributed by atoms with Crippen molar-refractivity contribution >= 4 is 5.97 Å². The Morgan fingerprint density at radius 3 is 2.60 bits per heavy atom. The molecule has 1 fully saturated rings. The molecule has 4 nitrogen and oxygen atoms in total. The fraction of sp³-hybridized carbons (Fsp3) is 0.938. The molecule has 1 aliphatic rings. The molecule has 0 aliphatic heterocycles. The van der Waals surface area contributed by atoms with Crippen LogP contribution in [0.15, 0.2) is 0 Å². The first-order valence-electron chi connectivity index (χ1n) is 8.08. The summed E-state index contributed by atoms with van der Waals surface area (Å²) in [5.74, 6) is -0.120. The highest BCUT2D eigenvalue weighted by atomic mass is 16.5. The smallest absolute Gasteiger partial charge is 0.323 e.